The predicted molar refractivity (Wildman–Crippen MR) is 163 cm³/mol. The highest BCUT2D eigenvalue weighted by atomic mass is 32.1. The second-order valence-electron chi connectivity index (χ2n) is 10.2. The Hall–Kier alpha value is -4.74. The first kappa shape index (κ1) is 21.2. The fraction of sp³-hybridized carbons (Fsp3) is 0.0588. The molecule has 0 N–H and O–H groups in total. The van der Waals surface area contributed by atoms with Gasteiger partial charge in [-0.15, -0.1) is 11.3 Å². The van der Waals surface area contributed by atoms with E-state index in [9.17, 15) is 0 Å². The van der Waals surface area contributed by atoms with Gasteiger partial charge in [-0.3, -0.25) is 0 Å². The Labute approximate surface area is 226 Å². The molecule has 39 heavy (non-hydrogen) atoms. The first-order valence-corrected chi connectivity index (χ1v) is 14.0. The largest absolute Gasteiger partial charge is 0.438 e. The fourth-order valence-corrected chi connectivity index (χ4v) is 7.73. The highest BCUT2D eigenvalue weighted by Gasteiger charge is 2.22. The molecule has 0 aliphatic heterocycles. The van der Waals surface area contributed by atoms with E-state index in [-0.39, 0.29) is 0 Å². The number of thiophene rings is 1. The lowest BCUT2D eigenvalue weighted by atomic mass is 10.00. The van der Waals surface area contributed by atoms with Crippen molar-refractivity contribution >= 4 is 86.2 Å². The van der Waals surface area contributed by atoms with Gasteiger partial charge in [-0.2, -0.15) is 4.98 Å². The molecule has 184 valence electrons. The molecule has 0 amide bonds. The lowest BCUT2D eigenvalue weighted by molar-refractivity contribution is 0.648. The summed E-state index contributed by atoms with van der Waals surface area (Å²) in [5, 5.41) is 9.87. The van der Waals surface area contributed by atoms with Gasteiger partial charge in [-0.05, 0) is 30.5 Å². The van der Waals surface area contributed by atoms with E-state index in [1.165, 1.54) is 52.8 Å². The minimum atomic E-state index is 0.619. The van der Waals surface area contributed by atoms with Gasteiger partial charge in [0.2, 0.25) is 5.71 Å². The van der Waals surface area contributed by atoms with Crippen molar-refractivity contribution in [2.75, 3.05) is 0 Å². The van der Waals surface area contributed by atoms with Crippen LogP contribution in [0.2, 0.25) is 0 Å². The summed E-state index contributed by atoms with van der Waals surface area (Å²) in [5.41, 5.74) is 4.93. The van der Waals surface area contributed by atoms with Crippen LogP contribution in [0.5, 0.6) is 0 Å². The number of hydrogen-bond acceptors (Lipinski definition) is 4. The maximum absolute atomic E-state index is 6.17. The van der Waals surface area contributed by atoms with Gasteiger partial charge in [-0.1, -0.05) is 78.9 Å². The third kappa shape index (κ3) is 2.83. The minimum absolute atomic E-state index is 0.619. The van der Waals surface area contributed by atoms with Gasteiger partial charge in [0.15, 0.2) is 0 Å². The van der Waals surface area contributed by atoms with Gasteiger partial charge in [0.25, 0.3) is 0 Å². The van der Waals surface area contributed by atoms with Crippen LogP contribution in [0.15, 0.2) is 101 Å². The number of rotatable bonds is 2. The van der Waals surface area contributed by atoms with Crippen molar-refractivity contribution in [2.24, 2.45) is 0 Å². The van der Waals surface area contributed by atoms with Crippen LogP contribution in [0.3, 0.4) is 0 Å². The topological polar surface area (TPSA) is 43.9 Å². The Bertz CT molecular complexity index is 2440. The summed E-state index contributed by atoms with van der Waals surface area (Å²) in [7, 11) is 0. The summed E-state index contributed by atoms with van der Waals surface area (Å²) in [6.45, 7) is 2.56. The zero-order chi connectivity index (χ0) is 25.7. The number of nitrogens with zero attached hydrogens (tertiary/aromatic N) is 3. The smallest absolute Gasteiger partial charge is 0.230 e. The molecule has 5 heteroatoms. The maximum atomic E-state index is 6.17. The summed E-state index contributed by atoms with van der Waals surface area (Å²) >= 11 is 1.89. The Morgan fingerprint density at radius 1 is 0.667 bits per heavy atom. The van der Waals surface area contributed by atoms with Crippen molar-refractivity contribution in [3.8, 4) is 0 Å². The van der Waals surface area contributed by atoms with Crippen molar-refractivity contribution in [1.29, 1.82) is 0 Å². The van der Waals surface area contributed by atoms with Gasteiger partial charge < -0.3 is 8.98 Å². The zero-order valence-electron chi connectivity index (χ0n) is 21.1. The van der Waals surface area contributed by atoms with Gasteiger partial charge in [-0.25, -0.2) is 4.98 Å². The van der Waals surface area contributed by atoms with E-state index in [4.69, 9.17) is 9.40 Å². The fourth-order valence-electron chi connectivity index (χ4n) is 6.45. The van der Waals surface area contributed by atoms with Crippen LogP contribution in [0.1, 0.15) is 11.5 Å². The summed E-state index contributed by atoms with van der Waals surface area (Å²) in [5.74, 6) is 0.717. The third-order valence-electron chi connectivity index (χ3n) is 7.98. The third-order valence-corrected chi connectivity index (χ3v) is 9.17. The number of hydrogen-bond donors (Lipinski definition) is 0. The highest BCUT2D eigenvalue weighted by molar-refractivity contribution is 7.27. The molecular weight excluding hydrogens is 498 g/mol. The minimum Gasteiger partial charge on any atom is -0.438 e. The predicted octanol–water partition coefficient (Wildman–Crippen LogP) is 9.36. The van der Waals surface area contributed by atoms with E-state index >= 15 is 0 Å². The zero-order valence-corrected chi connectivity index (χ0v) is 21.9. The average molecular weight is 520 g/mol. The molecule has 4 aromatic heterocycles. The van der Waals surface area contributed by atoms with Crippen LogP contribution in [0.25, 0.3) is 74.8 Å². The van der Waals surface area contributed by atoms with Crippen molar-refractivity contribution in [2.45, 2.75) is 13.5 Å². The van der Waals surface area contributed by atoms with Gasteiger partial charge in [0.05, 0.1) is 23.1 Å². The summed E-state index contributed by atoms with van der Waals surface area (Å²) in [6.07, 6.45) is 0. The molecule has 0 unspecified atom stereocenters. The van der Waals surface area contributed by atoms with E-state index in [1.807, 2.05) is 36.5 Å². The maximum Gasteiger partial charge on any atom is 0.230 e. The Morgan fingerprint density at radius 2 is 1.36 bits per heavy atom. The number of para-hydroxylation sites is 2. The van der Waals surface area contributed by atoms with Gasteiger partial charge >= 0.3 is 0 Å². The summed E-state index contributed by atoms with van der Waals surface area (Å²) in [4.78, 5) is 9.66. The molecular formula is C34H21N3OS. The normalized spacial score (nSPS) is 12.3. The number of furan rings is 1. The molecule has 5 aromatic carbocycles. The molecule has 0 fully saturated rings. The van der Waals surface area contributed by atoms with Crippen molar-refractivity contribution < 1.29 is 4.42 Å². The molecule has 0 spiro atoms. The standard InChI is InChI=1S/C34H21N3OS/c1-19-35-25(30-23-13-5-8-16-27(23)38-34(30)36-19)18-37-26-15-7-4-12-22(26)31-32(37)21-11-3-2-10-20(21)29-24-14-6-9-17-28(24)39-33(29)31/h2-17H,18H2,1H3. The Morgan fingerprint density at radius 3 is 2.23 bits per heavy atom. The molecule has 0 aliphatic rings. The van der Waals surface area contributed by atoms with Crippen LogP contribution < -0.4 is 0 Å². The van der Waals surface area contributed by atoms with Crippen LogP contribution in [-0.4, -0.2) is 14.5 Å². The second-order valence-corrected chi connectivity index (χ2v) is 11.2. The van der Waals surface area contributed by atoms with Gasteiger partial charge in [0.1, 0.15) is 11.4 Å². The van der Waals surface area contributed by atoms with E-state index in [0.29, 0.717) is 18.1 Å². The van der Waals surface area contributed by atoms with E-state index < -0.39 is 0 Å². The number of aryl methyl sites for hydroxylation is 1. The van der Waals surface area contributed by atoms with Crippen LogP contribution in [-0.2, 0) is 6.54 Å². The molecule has 0 saturated heterocycles. The van der Waals surface area contributed by atoms with E-state index in [2.05, 4.69) is 88.4 Å². The molecule has 0 saturated carbocycles. The Kier molecular flexibility index (Phi) is 4.16. The number of aromatic nitrogens is 3. The van der Waals surface area contributed by atoms with E-state index in [0.717, 1.165) is 22.0 Å². The molecule has 0 radical (unpaired) electrons. The lowest BCUT2D eigenvalue weighted by Crippen LogP contribution is -2.04. The first-order chi connectivity index (χ1) is 19.3. The van der Waals surface area contributed by atoms with Crippen LogP contribution in [0, 0.1) is 6.92 Å². The molecule has 0 bridgehead atoms. The van der Waals surface area contributed by atoms with Crippen molar-refractivity contribution in [3.63, 3.8) is 0 Å². The van der Waals surface area contributed by atoms with Crippen LogP contribution in [0.4, 0.5) is 0 Å². The monoisotopic (exact) mass is 519 g/mol. The molecule has 4 nitrogen and oxygen atoms in total. The van der Waals surface area contributed by atoms with Crippen molar-refractivity contribution in [3.05, 3.63) is 109 Å². The van der Waals surface area contributed by atoms with Crippen LogP contribution >= 0.6 is 11.3 Å². The van der Waals surface area contributed by atoms with E-state index in [1.54, 1.807) is 0 Å². The summed E-state index contributed by atoms with van der Waals surface area (Å²) < 4.78 is 11.3. The number of benzene rings is 5. The molecule has 0 atom stereocenters. The number of fused-ring (bicyclic) bond motifs is 13. The molecule has 9 aromatic rings. The average Bonchev–Trinajstić information content (AvgIpc) is 3.63. The SMILES string of the molecule is Cc1nc(Cn2c3ccccc3c3c4sc5ccccc5c4c4ccccc4c32)c2c(n1)oc1ccccc12. The molecule has 4 heterocycles. The van der Waals surface area contributed by atoms with Gasteiger partial charge in [0, 0.05) is 47.2 Å². The lowest BCUT2D eigenvalue weighted by Gasteiger charge is -2.11. The van der Waals surface area contributed by atoms with Crippen molar-refractivity contribution in [1.82, 2.24) is 14.5 Å². The summed E-state index contributed by atoms with van der Waals surface area (Å²) in [6, 6.07) is 34.6. The Balaban J connectivity index is 1.47. The molecule has 0 aliphatic carbocycles. The second kappa shape index (κ2) is 7.65. The first-order valence-electron chi connectivity index (χ1n) is 13.1. The quantitative estimate of drug-likeness (QED) is 0.228. The highest BCUT2D eigenvalue weighted by Crippen LogP contribution is 2.47. The molecule has 9 rings (SSSR count).